The Kier molecular flexibility index (Phi) is 5.99. The molecule has 1 atom stereocenters. The lowest BCUT2D eigenvalue weighted by Gasteiger charge is -2.43. The molecule has 0 saturated carbocycles. The molecule has 2 saturated heterocycles. The number of ether oxygens (including phenoxy) is 2. The average Bonchev–Trinajstić information content (AvgIpc) is 3.02. The zero-order valence-corrected chi connectivity index (χ0v) is 16.8. The Morgan fingerprint density at radius 3 is 3.07 bits per heavy atom. The standard InChI is InChI=1S/C22H31N3O3/c1-27-11-9-24-10-12-28-17-22(15-24)7-4-8-25(16-22)21(26)13-18-14-23-20-6-3-2-5-19(18)20/h2-3,5-6,14,23H,4,7-13,15-17H2,1H3. The molecule has 1 aromatic carbocycles. The third-order valence-corrected chi connectivity index (χ3v) is 6.16. The molecule has 4 rings (SSSR count). The molecule has 3 heterocycles. The summed E-state index contributed by atoms with van der Waals surface area (Å²) < 4.78 is 11.2. The first kappa shape index (κ1) is 19.4. The highest BCUT2D eigenvalue weighted by Crippen LogP contribution is 2.33. The fourth-order valence-corrected chi connectivity index (χ4v) is 4.71. The number of hydrogen-bond acceptors (Lipinski definition) is 4. The van der Waals surface area contributed by atoms with Crippen LogP contribution in [-0.2, 0) is 20.7 Å². The summed E-state index contributed by atoms with van der Waals surface area (Å²) in [5, 5.41) is 1.14. The number of para-hydroxylation sites is 1. The number of aromatic amines is 1. The van der Waals surface area contributed by atoms with Crippen LogP contribution in [-0.4, -0.2) is 80.3 Å². The highest BCUT2D eigenvalue weighted by atomic mass is 16.5. The Balaban J connectivity index is 1.44. The first-order valence-electron chi connectivity index (χ1n) is 10.3. The Labute approximate surface area is 166 Å². The monoisotopic (exact) mass is 385 g/mol. The highest BCUT2D eigenvalue weighted by molar-refractivity contribution is 5.88. The van der Waals surface area contributed by atoms with E-state index in [0.717, 1.165) is 81.9 Å². The lowest BCUT2D eigenvalue weighted by molar-refractivity contribution is -0.135. The second kappa shape index (κ2) is 8.64. The number of rotatable bonds is 5. The second-order valence-electron chi connectivity index (χ2n) is 8.28. The number of H-pyrrole nitrogens is 1. The number of nitrogens with zero attached hydrogens (tertiary/aromatic N) is 2. The fraction of sp³-hybridized carbons (Fsp3) is 0.591. The zero-order chi connectivity index (χ0) is 19.4. The molecular formula is C22H31N3O3. The average molecular weight is 386 g/mol. The second-order valence-corrected chi connectivity index (χ2v) is 8.28. The molecule has 1 amide bonds. The Morgan fingerprint density at radius 2 is 2.18 bits per heavy atom. The van der Waals surface area contributed by atoms with Gasteiger partial charge in [0.2, 0.25) is 5.91 Å². The minimum absolute atomic E-state index is 0.0400. The largest absolute Gasteiger partial charge is 0.383 e. The summed E-state index contributed by atoms with van der Waals surface area (Å²) in [6.07, 6.45) is 4.59. The maximum Gasteiger partial charge on any atom is 0.227 e. The van der Waals surface area contributed by atoms with Gasteiger partial charge in [0.1, 0.15) is 0 Å². The molecule has 6 heteroatoms. The molecule has 0 aliphatic carbocycles. The van der Waals surface area contributed by atoms with Crippen molar-refractivity contribution in [2.45, 2.75) is 19.3 Å². The van der Waals surface area contributed by atoms with E-state index in [9.17, 15) is 4.79 Å². The quantitative estimate of drug-likeness (QED) is 0.858. The number of amides is 1. The van der Waals surface area contributed by atoms with E-state index in [2.05, 4.69) is 26.9 Å². The number of benzene rings is 1. The van der Waals surface area contributed by atoms with Crippen molar-refractivity contribution in [3.63, 3.8) is 0 Å². The first-order valence-corrected chi connectivity index (χ1v) is 10.3. The van der Waals surface area contributed by atoms with Gasteiger partial charge in [-0.15, -0.1) is 0 Å². The van der Waals surface area contributed by atoms with E-state index in [1.807, 2.05) is 18.3 Å². The van der Waals surface area contributed by atoms with Crippen LogP contribution in [0.15, 0.2) is 30.5 Å². The van der Waals surface area contributed by atoms with Crippen LogP contribution in [0, 0.1) is 5.41 Å². The third-order valence-electron chi connectivity index (χ3n) is 6.16. The third kappa shape index (κ3) is 4.24. The van der Waals surface area contributed by atoms with Gasteiger partial charge in [0.25, 0.3) is 0 Å². The van der Waals surface area contributed by atoms with E-state index < -0.39 is 0 Å². The van der Waals surface area contributed by atoms with Gasteiger partial charge in [-0.05, 0) is 24.5 Å². The van der Waals surface area contributed by atoms with Crippen LogP contribution in [0.1, 0.15) is 18.4 Å². The molecule has 2 fully saturated rings. The van der Waals surface area contributed by atoms with Crippen LogP contribution in [0.3, 0.4) is 0 Å². The maximum absolute atomic E-state index is 13.1. The summed E-state index contributed by atoms with van der Waals surface area (Å²) in [6.45, 7) is 6.71. The molecular weight excluding hydrogens is 354 g/mol. The van der Waals surface area contributed by atoms with Gasteiger partial charge in [-0.2, -0.15) is 0 Å². The maximum atomic E-state index is 13.1. The normalized spacial score (nSPS) is 24.0. The molecule has 6 nitrogen and oxygen atoms in total. The van der Waals surface area contributed by atoms with E-state index in [0.29, 0.717) is 6.42 Å². The minimum Gasteiger partial charge on any atom is -0.383 e. The number of nitrogens with one attached hydrogen (secondary N) is 1. The Bertz CT molecular complexity index is 805. The predicted molar refractivity (Wildman–Crippen MR) is 109 cm³/mol. The number of methoxy groups -OCH3 is 1. The van der Waals surface area contributed by atoms with Gasteiger partial charge in [0.05, 0.1) is 26.2 Å². The van der Waals surface area contributed by atoms with Gasteiger partial charge in [-0.1, -0.05) is 18.2 Å². The lowest BCUT2D eigenvalue weighted by atomic mass is 9.80. The molecule has 2 aliphatic rings. The Hall–Kier alpha value is -1.89. The number of carbonyl (C=O) groups is 1. The fourth-order valence-electron chi connectivity index (χ4n) is 4.71. The molecule has 1 N–H and O–H groups in total. The molecule has 0 bridgehead atoms. The topological polar surface area (TPSA) is 57.8 Å². The smallest absolute Gasteiger partial charge is 0.227 e. The van der Waals surface area contributed by atoms with Gasteiger partial charge in [0, 0.05) is 62.3 Å². The van der Waals surface area contributed by atoms with Crippen molar-refractivity contribution in [2.75, 3.05) is 59.7 Å². The molecule has 2 aliphatic heterocycles. The minimum atomic E-state index is 0.0400. The van der Waals surface area contributed by atoms with E-state index >= 15 is 0 Å². The van der Waals surface area contributed by atoms with Crippen molar-refractivity contribution in [1.29, 1.82) is 0 Å². The lowest BCUT2D eigenvalue weighted by Crippen LogP contribution is -2.52. The van der Waals surface area contributed by atoms with Crippen LogP contribution < -0.4 is 0 Å². The van der Waals surface area contributed by atoms with Crippen LogP contribution >= 0.6 is 0 Å². The van der Waals surface area contributed by atoms with Crippen LogP contribution in [0.2, 0.25) is 0 Å². The van der Waals surface area contributed by atoms with Crippen molar-refractivity contribution in [1.82, 2.24) is 14.8 Å². The van der Waals surface area contributed by atoms with E-state index in [1.54, 1.807) is 7.11 Å². The number of aromatic nitrogens is 1. The number of likely N-dealkylation sites (tertiary alicyclic amines) is 1. The van der Waals surface area contributed by atoms with Gasteiger partial charge < -0.3 is 19.4 Å². The Morgan fingerprint density at radius 1 is 1.29 bits per heavy atom. The zero-order valence-electron chi connectivity index (χ0n) is 16.8. The van der Waals surface area contributed by atoms with Crippen molar-refractivity contribution >= 4 is 16.8 Å². The van der Waals surface area contributed by atoms with Gasteiger partial charge in [-0.3, -0.25) is 9.69 Å². The molecule has 0 radical (unpaired) electrons. The van der Waals surface area contributed by atoms with Crippen molar-refractivity contribution in [3.05, 3.63) is 36.0 Å². The van der Waals surface area contributed by atoms with E-state index in [-0.39, 0.29) is 11.3 Å². The van der Waals surface area contributed by atoms with Crippen LogP contribution in [0.25, 0.3) is 10.9 Å². The molecule has 1 spiro atoms. The van der Waals surface area contributed by atoms with Crippen LogP contribution in [0.4, 0.5) is 0 Å². The molecule has 1 aromatic heterocycles. The van der Waals surface area contributed by atoms with Gasteiger partial charge >= 0.3 is 0 Å². The molecule has 152 valence electrons. The van der Waals surface area contributed by atoms with E-state index in [4.69, 9.17) is 9.47 Å². The van der Waals surface area contributed by atoms with Gasteiger partial charge in [0.15, 0.2) is 0 Å². The molecule has 2 aromatic rings. The first-order chi connectivity index (χ1) is 13.7. The number of piperidine rings is 1. The summed E-state index contributed by atoms with van der Waals surface area (Å²) in [4.78, 5) is 20.9. The van der Waals surface area contributed by atoms with E-state index in [1.165, 1.54) is 0 Å². The summed E-state index contributed by atoms with van der Waals surface area (Å²) in [5.41, 5.74) is 2.21. The summed E-state index contributed by atoms with van der Waals surface area (Å²) in [6, 6.07) is 8.17. The summed E-state index contributed by atoms with van der Waals surface area (Å²) in [5.74, 6) is 0.219. The van der Waals surface area contributed by atoms with Crippen LogP contribution in [0.5, 0.6) is 0 Å². The molecule has 28 heavy (non-hydrogen) atoms. The SMILES string of the molecule is COCCN1CCOCC2(CCCN(C(=O)Cc3c[nH]c4ccccc34)C2)C1. The van der Waals surface area contributed by atoms with Crippen molar-refractivity contribution in [3.8, 4) is 0 Å². The van der Waals surface area contributed by atoms with Crippen molar-refractivity contribution in [2.24, 2.45) is 5.41 Å². The number of carbonyl (C=O) groups excluding carboxylic acids is 1. The number of hydrogen-bond donors (Lipinski definition) is 1. The highest BCUT2D eigenvalue weighted by Gasteiger charge is 2.40. The number of fused-ring (bicyclic) bond motifs is 1. The summed E-state index contributed by atoms with van der Waals surface area (Å²) >= 11 is 0. The predicted octanol–water partition coefficient (Wildman–Crippen LogP) is 2.30. The molecule has 1 unspecified atom stereocenters. The van der Waals surface area contributed by atoms with Gasteiger partial charge in [-0.25, -0.2) is 0 Å². The summed E-state index contributed by atoms with van der Waals surface area (Å²) in [7, 11) is 1.75. The van der Waals surface area contributed by atoms with Crippen molar-refractivity contribution < 1.29 is 14.3 Å².